The van der Waals surface area contributed by atoms with Crippen LogP contribution in [0.25, 0.3) is 0 Å². The van der Waals surface area contributed by atoms with Gasteiger partial charge in [-0.1, -0.05) is 0 Å². The number of carboxylic acid groups (broad SMARTS) is 1. The molecule has 1 rings (SSSR count). The number of benzene rings is 1. The van der Waals surface area contributed by atoms with E-state index in [4.69, 9.17) is 9.84 Å². The Bertz CT molecular complexity index is 540. The Morgan fingerprint density at radius 3 is 2.43 bits per heavy atom. The summed E-state index contributed by atoms with van der Waals surface area (Å²) >= 11 is 0. The van der Waals surface area contributed by atoms with Crippen molar-refractivity contribution in [1.82, 2.24) is 0 Å². The van der Waals surface area contributed by atoms with E-state index in [-0.39, 0.29) is 11.4 Å². The molecule has 0 bridgehead atoms. The molecule has 0 aliphatic heterocycles. The second-order valence-electron chi connectivity index (χ2n) is 5.52. The molecule has 1 unspecified atom stereocenters. The number of anilines is 2. The first kappa shape index (κ1) is 16.7. The van der Waals surface area contributed by atoms with E-state index in [2.05, 4.69) is 10.6 Å². The zero-order valence-corrected chi connectivity index (χ0v) is 12.4. The lowest BCUT2D eigenvalue weighted by Gasteiger charge is -2.21. The fraction of sp³-hybridized carbons (Fsp3) is 0.429. The molecular weight excluding hydrogens is 279 g/mol. The Kier molecular flexibility index (Phi) is 5.12. The molecule has 0 aromatic heterocycles. The van der Waals surface area contributed by atoms with Crippen molar-refractivity contribution in [3.8, 4) is 0 Å². The van der Waals surface area contributed by atoms with Gasteiger partial charge in [0.1, 0.15) is 17.5 Å². The van der Waals surface area contributed by atoms with Crippen LogP contribution in [0, 0.1) is 5.82 Å². The number of carboxylic acids is 1. The van der Waals surface area contributed by atoms with E-state index in [9.17, 15) is 14.0 Å². The minimum absolute atomic E-state index is 0.163. The lowest BCUT2D eigenvalue weighted by molar-refractivity contribution is -0.137. The van der Waals surface area contributed by atoms with Crippen molar-refractivity contribution >= 4 is 23.4 Å². The first-order valence-electron chi connectivity index (χ1n) is 6.37. The monoisotopic (exact) mass is 298 g/mol. The van der Waals surface area contributed by atoms with Gasteiger partial charge in [0, 0.05) is 0 Å². The molecule has 1 aromatic carbocycles. The molecule has 0 saturated carbocycles. The number of carbonyl (C=O) groups is 2. The van der Waals surface area contributed by atoms with Gasteiger partial charge in [-0.15, -0.1) is 0 Å². The summed E-state index contributed by atoms with van der Waals surface area (Å²) in [6, 6.07) is 2.65. The third-order valence-corrected chi connectivity index (χ3v) is 2.36. The summed E-state index contributed by atoms with van der Waals surface area (Å²) in [6.45, 7) is 6.54. The van der Waals surface area contributed by atoms with Crippen LogP contribution in [0.15, 0.2) is 18.2 Å². The fourth-order valence-electron chi connectivity index (χ4n) is 1.45. The number of hydrogen-bond donors (Lipinski definition) is 3. The number of aliphatic carboxylic acids is 1. The van der Waals surface area contributed by atoms with E-state index < -0.39 is 29.5 Å². The highest BCUT2D eigenvalue weighted by atomic mass is 19.1. The molecule has 0 aliphatic rings. The Morgan fingerprint density at radius 2 is 1.90 bits per heavy atom. The standard InChI is InChI=1S/C14H19FN2O4/c1-8(12(18)19)16-11-7-9(15)5-6-10(11)17-13(20)21-14(2,3)4/h5-8,16H,1-4H3,(H,17,20)(H,18,19). The Labute approximate surface area is 122 Å². The van der Waals surface area contributed by atoms with Gasteiger partial charge >= 0.3 is 12.1 Å². The Balaban J connectivity index is 2.91. The maximum absolute atomic E-state index is 13.3. The molecule has 0 radical (unpaired) electrons. The summed E-state index contributed by atoms with van der Waals surface area (Å²) in [5, 5.41) is 13.9. The van der Waals surface area contributed by atoms with Crippen LogP contribution in [0.2, 0.25) is 0 Å². The van der Waals surface area contributed by atoms with Gasteiger partial charge in [0.2, 0.25) is 0 Å². The summed E-state index contributed by atoms with van der Waals surface area (Å²) in [5.74, 6) is -1.65. The number of rotatable bonds is 4. The van der Waals surface area contributed by atoms with E-state index in [1.54, 1.807) is 20.8 Å². The maximum atomic E-state index is 13.3. The predicted molar refractivity (Wildman–Crippen MR) is 77.0 cm³/mol. The molecule has 0 fully saturated rings. The quantitative estimate of drug-likeness (QED) is 0.795. The molecule has 3 N–H and O–H groups in total. The van der Waals surface area contributed by atoms with E-state index in [0.29, 0.717) is 0 Å². The topological polar surface area (TPSA) is 87.7 Å². The maximum Gasteiger partial charge on any atom is 0.412 e. The van der Waals surface area contributed by atoms with Crippen LogP contribution in [0.1, 0.15) is 27.7 Å². The minimum atomic E-state index is -1.09. The number of ether oxygens (including phenoxy) is 1. The van der Waals surface area contributed by atoms with Crippen molar-refractivity contribution in [1.29, 1.82) is 0 Å². The van der Waals surface area contributed by atoms with E-state index >= 15 is 0 Å². The zero-order valence-electron chi connectivity index (χ0n) is 12.4. The number of amides is 1. The number of halogens is 1. The lowest BCUT2D eigenvalue weighted by atomic mass is 10.2. The average molecular weight is 298 g/mol. The van der Waals surface area contributed by atoms with E-state index in [0.717, 1.165) is 12.1 Å². The summed E-state index contributed by atoms with van der Waals surface area (Å²) in [4.78, 5) is 22.6. The number of nitrogens with one attached hydrogen (secondary N) is 2. The fourth-order valence-corrected chi connectivity index (χ4v) is 1.45. The van der Waals surface area contributed by atoms with Crippen molar-refractivity contribution in [3.63, 3.8) is 0 Å². The van der Waals surface area contributed by atoms with Crippen LogP contribution >= 0.6 is 0 Å². The van der Waals surface area contributed by atoms with Gasteiger partial charge in [0.25, 0.3) is 0 Å². The van der Waals surface area contributed by atoms with Crippen molar-refractivity contribution in [2.24, 2.45) is 0 Å². The van der Waals surface area contributed by atoms with Crippen molar-refractivity contribution in [2.75, 3.05) is 10.6 Å². The molecular formula is C14H19FN2O4. The number of hydrogen-bond acceptors (Lipinski definition) is 4. The largest absolute Gasteiger partial charge is 0.480 e. The summed E-state index contributed by atoms with van der Waals surface area (Å²) in [5.41, 5.74) is -0.277. The van der Waals surface area contributed by atoms with E-state index in [1.165, 1.54) is 13.0 Å². The lowest BCUT2D eigenvalue weighted by Crippen LogP contribution is -2.29. The molecule has 0 heterocycles. The van der Waals surface area contributed by atoms with Crippen molar-refractivity contribution in [2.45, 2.75) is 39.3 Å². The van der Waals surface area contributed by atoms with Crippen LogP contribution in [-0.4, -0.2) is 28.8 Å². The highest BCUT2D eigenvalue weighted by molar-refractivity contribution is 5.90. The van der Waals surface area contributed by atoms with Gasteiger partial charge in [0.15, 0.2) is 0 Å². The van der Waals surface area contributed by atoms with Gasteiger partial charge in [-0.25, -0.2) is 9.18 Å². The SMILES string of the molecule is CC(Nc1cc(F)ccc1NC(=O)OC(C)(C)C)C(=O)O. The second-order valence-corrected chi connectivity index (χ2v) is 5.52. The normalized spacial score (nSPS) is 12.4. The molecule has 1 atom stereocenters. The molecule has 0 spiro atoms. The molecule has 21 heavy (non-hydrogen) atoms. The smallest absolute Gasteiger partial charge is 0.412 e. The van der Waals surface area contributed by atoms with Crippen LogP contribution < -0.4 is 10.6 Å². The molecule has 0 saturated heterocycles. The molecule has 1 aromatic rings. The van der Waals surface area contributed by atoms with Gasteiger partial charge < -0.3 is 15.2 Å². The molecule has 6 nitrogen and oxygen atoms in total. The minimum Gasteiger partial charge on any atom is -0.480 e. The first-order chi connectivity index (χ1) is 9.58. The summed E-state index contributed by atoms with van der Waals surface area (Å²) in [7, 11) is 0. The summed E-state index contributed by atoms with van der Waals surface area (Å²) in [6.07, 6.45) is -0.708. The highest BCUT2D eigenvalue weighted by Gasteiger charge is 2.19. The molecule has 1 amide bonds. The highest BCUT2D eigenvalue weighted by Crippen LogP contribution is 2.24. The average Bonchev–Trinajstić information content (AvgIpc) is 2.30. The van der Waals surface area contributed by atoms with E-state index in [1.807, 2.05) is 0 Å². The molecule has 116 valence electrons. The first-order valence-corrected chi connectivity index (χ1v) is 6.37. The zero-order chi connectivity index (χ0) is 16.2. The van der Waals surface area contributed by atoms with Gasteiger partial charge in [0.05, 0.1) is 11.4 Å². The van der Waals surface area contributed by atoms with Crippen molar-refractivity contribution < 1.29 is 23.8 Å². The van der Waals surface area contributed by atoms with Crippen LogP contribution in [0.4, 0.5) is 20.6 Å². The van der Waals surface area contributed by atoms with Gasteiger partial charge in [-0.3, -0.25) is 10.1 Å². The van der Waals surface area contributed by atoms with Crippen LogP contribution in [0.3, 0.4) is 0 Å². The molecule has 7 heteroatoms. The molecule has 0 aliphatic carbocycles. The number of carbonyl (C=O) groups excluding carboxylic acids is 1. The summed E-state index contributed by atoms with van der Waals surface area (Å²) < 4.78 is 18.4. The third-order valence-electron chi connectivity index (χ3n) is 2.36. The van der Waals surface area contributed by atoms with Crippen LogP contribution in [-0.2, 0) is 9.53 Å². The van der Waals surface area contributed by atoms with Gasteiger partial charge in [-0.2, -0.15) is 0 Å². The van der Waals surface area contributed by atoms with Crippen LogP contribution in [0.5, 0.6) is 0 Å². The Morgan fingerprint density at radius 1 is 1.29 bits per heavy atom. The third kappa shape index (κ3) is 5.68. The van der Waals surface area contributed by atoms with Crippen molar-refractivity contribution in [3.05, 3.63) is 24.0 Å². The second kappa shape index (κ2) is 6.43. The van der Waals surface area contributed by atoms with Gasteiger partial charge in [-0.05, 0) is 45.9 Å². The predicted octanol–water partition coefficient (Wildman–Crippen LogP) is 3.06. The Hall–Kier alpha value is -2.31.